The lowest BCUT2D eigenvalue weighted by Gasteiger charge is -1.97. The molecule has 0 amide bonds. The lowest BCUT2D eigenvalue weighted by Crippen LogP contribution is -2.12. The van der Waals surface area contributed by atoms with Crippen LogP contribution in [0.4, 0.5) is 0 Å². The second-order valence-electron chi connectivity index (χ2n) is 2.49. The van der Waals surface area contributed by atoms with Crippen molar-refractivity contribution in [2.24, 2.45) is 0 Å². The van der Waals surface area contributed by atoms with Crippen LogP contribution in [0.3, 0.4) is 0 Å². The zero-order valence-corrected chi connectivity index (χ0v) is 6.73. The van der Waals surface area contributed by atoms with Crippen molar-refractivity contribution in [1.82, 2.24) is 0 Å². The van der Waals surface area contributed by atoms with Crippen molar-refractivity contribution < 1.29 is 19.8 Å². The smallest absolute Gasteiger partial charge is 0.377 e. The van der Waals surface area contributed by atoms with E-state index in [9.17, 15) is 9.59 Å². The maximum absolute atomic E-state index is 10.9. The fraction of sp³-hybridized carbons (Fsp3) is 0.111. The van der Waals surface area contributed by atoms with Gasteiger partial charge in [-0.15, -0.1) is 0 Å². The zero-order valence-electron chi connectivity index (χ0n) is 6.73. The Morgan fingerprint density at radius 3 is 2.08 bits per heavy atom. The molecule has 68 valence electrons. The third-order valence-electron chi connectivity index (χ3n) is 1.59. The summed E-state index contributed by atoms with van der Waals surface area (Å²) in [5, 5.41) is 17.0. The third-order valence-corrected chi connectivity index (χ3v) is 1.59. The molecule has 1 aromatic rings. The average molecular weight is 180 g/mol. The van der Waals surface area contributed by atoms with E-state index in [0.717, 1.165) is 0 Å². The van der Waals surface area contributed by atoms with Crippen molar-refractivity contribution in [2.75, 3.05) is 0 Å². The van der Waals surface area contributed by atoms with Crippen molar-refractivity contribution in [1.29, 1.82) is 0 Å². The topological polar surface area (TPSA) is 74.6 Å². The predicted molar refractivity (Wildman–Crippen MR) is 44.3 cm³/mol. The van der Waals surface area contributed by atoms with Crippen LogP contribution in [-0.2, 0) is 11.4 Å². The maximum atomic E-state index is 10.9. The van der Waals surface area contributed by atoms with Crippen molar-refractivity contribution >= 4 is 11.8 Å². The maximum Gasteiger partial charge on any atom is 0.377 e. The summed E-state index contributed by atoms with van der Waals surface area (Å²) in [5.74, 6) is -2.42. The molecule has 4 nitrogen and oxygen atoms in total. The van der Waals surface area contributed by atoms with E-state index in [1.165, 1.54) is 24.3 Å². The summed E-state index contributed by atoms with van der Waals surface area (Å²) in [7, 11) is 0. The quantitative estimate of drug-likeness (QED) is 0.523. The number of Topliss-reactive ketones (excluding diaryl/α,β-unsaturated/α-hetero) is 1. The highest BCUT2D eigenvalue weighted by molar-refractivity contribution is 6.39. The lowest BCUT2D eigenvalue weighted by molar-refractivity contribution is -0.131. The van der Waals surface area contributed by atoms with E-state index < -0.39 is 11.8 Å². The number of carbonyl (C=O) groups excluding carboxylic acids is 1. The molecule has 0 fully saturated rings. The SMILES string of the molecule is O=C(O)C(=O)c1ccc(CO)cc1. The molecule has 0 spiro atoms. The van der Waals surface area contributed by atoms with Crippen LogP contribution in [0.2, 0.25) is 0 Å². The van der Waals surface area contributed by atoms with Gasteiger partial charge in [-0.2, -0.15) is 0 Å². The van der Waals surface area contributed by atoms with Gasteiger partial charge >= 0.3 is 5.97 Å². The van der Waals surface area contributed by atoms with Crippen LogP contribution < -0.4 is 0 Å². The van der Waals surface area contributed by atoms with E-state index in [1.807, 2.05) is 0 Å². The van der Waals surface area contributed by atoms with Gasteiger partial charge in [-0.3, -0.25) is 4.79 Å². The molecular weight excluding hydrogens is 172 g/mol. The van der Waals surface area contributed by atoms with E-state index in [-0.39, 0.29) is 12.2 Å². The molecule has 1 aromatic carbocycles. The first-order chi connectivity index (χ1) is 6.15. The molecule has 4 heteroatoms. The van der Waals surface area contributed by atoms with Crippen molar-refractivity contribution in [3.8, 4) is 0 Å². The minimum atomic E-state index is -1.48. The molecule has 0 radical (unpaired) electrons. The van der Waals surface area contributed by atoms with Gasteiger partial charge in [-0.25, -0.2) is 4.79 Å². The van der Waals surface area contributed by atoms with Crippen LogP contribution in [0.25, 0.3) is 0 Å². The summed E-state index contributed by atoms with van der Waals surface area (Å²) >= 11 is 0. The fourth-order valence-electron chi connectivity index (χ4n) is 0.885. The molecule has 0 aromatic heterocycles. The molecule has 0 aliphatic carbocycles. The largest absolute Gasteiger partial charge is 0.475 e. The molecule has 13 heavy (non-hydrogen) atoms. The van der Waals surface area contributed by atoms with Crippen LogP contribution in [0.5, 0.6) is 0 Å². The van der Waals surface area contributed by atoms with Crippen LogP contribution in [0, 0.1) is 0 Å². The Labute approximate surface area is 74.4 Å². The molecule has 0 saturated carbocycles. The molecule has 0 unspecified atom stereocenters. The summed E-state index contributed by atoms with van der Waals surface area (Å²) in [6.07, 6.45) is 0. The van der Waals surface area contributed by atoms with Gasteiger partial charge in [0, 0.05) is 5.56 Å². The molecular formula is C9H8O4. The number of aliphatic hydroxyl groups is 1. The molecule has 0 aliphatic heterocycles. The van der Waals surface area contributed by atoms with Crippen molar-refractivity contribution in [3.05, 3.63) is 35.4 Å². The van der Waals surface area contributed by atoms with Crippen molar-refractivity contribution in [2.45, 2.75) is 6.61 Å². The number of hydrogen-bond donors (Lipinski definition) is 2. The minimum absolute atomic E-state index is 0.115. The number of carboxylic acid groups (broad SMARTS) is 1. The van der Waals surface area contributed by atoms with Gasteiger partial charge in [-0.05, 0) is 5.56 Å². The van der Waals surface area contributed by atoms with Crippen molar-refractivity contribution in [3.63, 3.8) is 0 Å². The highest BCUT2D eigenvalue weighted by Crippen LogP contribution is 2.04. The second kappa shape index (κ2) is 3.82. The van der Waals surface area contributed by atoms with Gasteiger partial charge in [0.1, 0.15) is 0 Å². The summed E-state index contributed by atoms with van der Waals surface area (Å²) in [6, 6.07) is 5.77. The molecule has 0 saturated heterocycles. The molecule has 2 N–H and O–H groups in total. The Balaban J connectivity index is 2.92. The first-order valence-corrected chi connectivity index (χ1v) is 3.62. The van der Waals surface area contributed by atoms with E-state index in [1.54, 1.807) is 0 Å². The van der Waals surface area contributed by atoms with Gasteiger partial charge < -0.3 is 10.2 Å². The van der Waals surface area contributed by atoms with Gasteiger partial charge in [0.15, 0.2) is 0 Å². The first kappa shape index (κ1) is 9.41. The predicted octanol–water partition coefficient (Wildman–Crippen LogP) is 0.446. The monoisotopic (exact) mass is 180 g/mol. The van der Waals surface area contributed by atoms with E-state index in [2.05, 4.69) is 0 Å². The molecule has 0 bridgehead atoms. The zero-order chi connectivity index (χ0) is 9.84. The lowest BCUT2D eigenvalue weighted by atomic mass is 10.1. The van der Waals surface area contributed by atoms with Gasteiger partial charge in [-0.1, -0.05) is 24.3 Å². The van der Waals surface area contributed by atoms with Crippen LogP contribution >= 0.6 is 0 Å². The Morgan fingerprint density at radius 2 is 1.69 bits per heavy atom. The normalized spacial score (nSPS) is 9.62. The van der Waals surface area contributed by atoms with E-state index in [0.29, 0.717) is 5.56 Å². The second-order valence-corrected chi connectivity index (χ2v) is 2.49. The van der Waals surface area contributed by atoms with Crippen LogP contribution in [0.15, 0.2) is 24.3 Å². The number of benzene rings is 1. The standard InChI is InChI=1S/C9H8O4/c10-5-6-1-3-7(4-2-6)8(11)9(12)13/h1-4,10H,5H2,(H,12,13). The van der Waals surface area contributed by atoms with E-state index in [4.69, 9.17) is 10.2 Å². The van der Waals surface area contributed by atoms with E-state index >= 15 is 0 Å². The number of carboxylic acids is 1. The Kier molecular flexibility index (Phi) is 2.76. The number of hydrogen-bond acceptors (Lipinski definition) is 3. The van der Waals surface area contributed by atoms with Crippen LogP contribution in [-0.4, -0.2) is 22.0 Å². The summed E-state index contributed by atoms with van der Waals surface area (Å²) < 4.78 is 0. The summed E-state index contributed by atoms with van der Waals surface area (Å²) in [6.45, 7) is -0.123. The fourth-order valence-corrected chi connectivity index (χ4v) is 0.885. The third kappa shape index (κ3) is 2.13. The highest BCUT2D eigenvalue weighted by Gasteiger charge is 2.13. The summed E-state index contributed by atoms with van der Waals surface area (Å²) in [4.78, 5) is 21.1. The van der Waals surface area contributed by atoms with Crippen LogP contribution in [0.1, 0.15) is 15.9 Å². The van der Waals surface area contributed by atoms with Gasteiger partial charge in [0.2, 0.25) is 0 Å². The number of ketones is 1. The Morgan fingerprint density at radius 1 is 1.15 bits per heavy atom. The number of rotatable bonds is 3. The van der Waals surface area contributed by atoms with Gasteiger partial charge in [0.25, 0.3) is 5.78 Å². The molecule has 1 rings (SSSR count). The summed E-state index contributed by atoms with van der Waals surface area (Å²) in [5.41, 5.74) is 0.756. The molecule has 0 heterocycles. The number of aliphatic hydroxyl groups excluding tert-OH is 1. The minimum Gasteiger partial charge on any atom is -0.475 e. The average Bonchev–Trinajstić information content (AvgIpc) is 2.17. The number of carbonyl (C=O) groups is 2. The Bertz CT molecular complexity index is 326. The highest BCUT2D eigenvalue weighted by atomic mass is 16.4. The first-order valence-electron chi connectivity index (χ1n) is 3.62. The van der Waals surface area contributed by atoms with Gasteiger partial charge in [0.05, 0.1) is 6.61 Å². The Hall–Kier alpha value is -1.68. The molecule has 0 aliphatic rings. The number of aliphatic carboxylic acids is 1. The molecule has 0 atom stereocenters.